The summed E-state index contributed by atoms with van der Waals surface area (Å²) in [4.78, 5) is 33.3. The highest BCUT2D eigenvalue weighted by Gasteiger charge is 2.24. The number of aliphatic carboxylic acids is 1. The molecule has 0 aliphatic heterocycles. The molecule has 1 amide bonds. The van der Waals surface area contributed by atoms with Crippen molar-refractivity contribution in [3.8, 4) is 0 Å². The van der Waals surface area contributed by atoms with Gasteiger partial charge in [0.1, 0.15) is 6.04 Å². The van der Waals surface area contributed by atoms with E-state index in [1.807, 2.05) is 0 Å². The third-order valence-corrected chi connectivity index (χ3v) is 1.96. The molecule has 0 aliphatic rings. The van der Waals surface area contributed by atoms with E-state index >= 15 is 0 Å². The molecule has 3 N–H and O–H groups in total. The Kier molecular flexibility index (Phi) is 4.21. The van der Waals surface area contributed by atoms with E-state index in [-0.39, 0.29) is 5.56 Å². The van der Waals surface area contributed by atoms with Crippen molar-refractivity contribution in [2.75, 3.05) is 7.11 Å². The predicted molar refractivity (Wildman–Crippen MR) is 54.1 cm³/mol. The number of rotatable bonds is 5. The predicted octanol–water partition coefficient (Wildman–Crippen LogP) is -0.844. The van der Waals surface area contributed by atoms with Gasteiger partial charge >= 0.3 is 11.9 Å². The fraction of sp³-hybridized carbons (Fsp3) is 0.333. The minimum atomic E-state index is -1.33. The number of aromatic nitrogens is 2. The molecule has 0 aromatic carbocycles. The summed E-state index contributed by atoms with van der Waals surface area (Å²) in [6, 6.07) is -1.33. The fourth-order valence-corrected chi connectivity index (χ4v) is 1.07. The molecular formula is C9H11N3O5. The van der Waals surface area contributed by atoms with Crippen molar-refractivity contribution in [1.82, 2.24) is 15.5 Å². The standard InChI is InChI=1S/C9H11N3O5/c1-17-7(13)2-6(9(15)16)12-8(14)5-3-10-11-4-5/h3-4,6H,2H2,1H3,(H,10,11)(H,12,14)(H,15,16)/t6-/m0/s1. The van der Waals surface area contributed by atoms with Crippen LogP contribution in [-0.2, 0) is 14.3 Å². The zero-order valence-electron chi connectivity index (χ0n) is 8.97. The molecule has 1 rings (SSSR count). The molecule has 0 saturated heterocycles. The van der Waals surface area contributed by atoms with Gasteiger partial charge < -0.3 is 15.2 Å². The lowest BCUT2D eigenvalue weighted by Gasteiger charge is -2.12. The van der Waals surface area contributed by atoms with Crippen LogP contribution in [0.2, 0.25) is 0 Å². The summed E-state index contributed by atoms with van der Waals surface area (Å²) in [5.41, 5.74) is 0.182. The average Bonchev–Trinajstić information content (AvgIpc) is 2.81. The Morgan fingerprint density at radius 1 is 1.59 bits per heavy atom. The second-order valence-electron chi connectivity index (χ2n) is 3.13. The van der Waals surface area contributed by atoms with Crippen LogP contribution in [0.3, 0.4) is 0 Å². The average molecular weight is 241 g/mol. The molecular weight excluding hydrogens is 230 g/mol. The number of aromatic amines is 1. The summed E-state index contributed by atoms with van der Waals surface area (Å²) in [6.45, 7) is 0. The molecule has 8 heteroatoms. The highest BCUT2D eigenvalue weighted by Crippen LogP contribution is 1.99. The Morgan fingerprint density at radius 3 is 2.76 bits per heavy atom. The van der Waals surface area contributed by atoms with Crippen LogP contribution >= 0.6 is 0 Å². The van der Waals surface area contributed by atoms with Gasteiger partial charge in [0, 0.05) is 6.20 Å². The van der Waals surface area contributed by atoms with Crippen LogP contribution in [0.4, 0.5) is 0 Å². The minimum absolute atomic E-state index is 0.182. The minimum Gasteiger partial charge on any atom is -0.480 e. The van der Waals surface area contributed by atoms with Crippen LogP contribution in [0.25, 0.3) is 0 Å². The number of nitrogens with one attached hydrogen (secondary N) is 2. The van der Waals surface area contributed by atoms with Gasteiger partial charge in [0.15, 0.2) is 0 Å². The zero-order chi connectivity index (χ0) is 12.8. The molecule has 0 saturated carbocycles. The number of methoxy groups -OCH3 is 1. The number of carboxylic acid groups (broad SMARTS) is 1. The van der Waals surface area contributed by atoms with Crippen LogP contribution in [0, 0.1) is 0 Å². The summed E-state index contributed by atoms with van der Waals surface area (Å²) in [6.07, 6.45) is 2.12. The number of carbonyl (C=O) groups is 3. The lowest BCUT2D eigenvalue weighted by molar-refractivity contribution is -0.147. The molecule has 1 aromatic rings. The van der Waals surface area contributed by atoms with Crippen molar-refractivity contribution in [1.29, 1.82) is 0 Å². The molecule has 0 spiro atoms. The van der Waals surface area contributed by atoms with Crippen LogP contribution < -0.4 is 5.32 Å². The van der Waals surface area contributed by atoms with E-state index < -0.39 is 30.3 Å². The van der Waals surface area contributed by atoms with Crippen LogP contribution in [-0.4, -0.2) is 46.3 Å². The maximum Gasteiger partial charge on any atom is 0.326 e. The largest absolute Gasteiger partial charge is 0.480 e. The van der Waals surface area contributed by atoms with Gasteiger partial charge in [-0.3, -0.25) is 14.7 Å². The van der Waals surface area contributed by atoms with Crippen LogP contribution in [0.1, 0.15) is 16.8 Å². The van der Waals surface area contributed by atoms with E-state index in [9.17, 15) is 14.4 Å². The van der Waals surface area contributed by atoms with E-state index in [1.165, 1.54) is 12.4 Å². The van der Waals surface area contributed by atoms with Gasteiger partial charge in [0.05, 0.1) is 25.3 Å². The van der Waals surface area contributed by atoms with Crippen molar-refractivity contribution in [2.45, 2.75) is 12.5 Å². The molecule has 17 heavy (non-hydrogen) atoms. The molecule has 0 fully saturated rings. The summed E-state index contributed by atoms with van der Waals surface area (Å²) >= 11 is 0. The molecule has 0 unspecified atom stereocenters. The third kappa shape index (κ3) is 3.59. The SMILES string of the molecule is COC(=O)C[C@H](NC(=O)c1cn[nH]c1)C(=O)O. The number of H-pyrrole nitrogens is 1. The van der Waals surface area contributed by atoms with E-state index in [4.69, 9.17) is 5.11 Å². The Hall–Kier alpha value is -2.38. The van der Waals surface area contributed by atoms with E-state index in [2.05, 4.69) is 20.3 Å². The smallest absolute Gasteiger partial charge is 0.326 e. The van der Waals surface area contributed by atoms with Gasteiger partial charge in [-0.05, 0) is 0 Å². The molecule has 0 radical (unpaired) electrons. The first kappa shape index (κ1) is 12.7. The van der Waals surface area contributed by atoms with Gasteiger partial charge in [0.2, 0.25) is 0 Å². The first-order valence-electron chi connectivity index (χ1n) is 4.64. The Morgan fingerprint density at radius 2 is 2.29 bits per heavy atom. The highest BCUT2D eigenvalue weighted by molar-refractivity contribution is 5.96. The van der Waals surface area contributed by atoms with Gasteiger partial charge in [-0.25, -0.2) is 4.79 Å². The molecule has 1 atom stereocenters. The molecule has 92 valence electrons. The Balaban J connectivity index is 2.64. The summed E-state index contributed by atoms with van der Waals surface area (Å²) in [5.74, 6) is -2.66. The second-order valence-corrected chi connectivity index (χ2v) is 3.13. The van der Waals surface area contributed by atoms with Crippen molar-refractivity contribution in [3.63, 3.8) is 0 Å². The number of ether oxygens (including phenoxy) is 1. The number of carbonyl (C=O) groups excluding carboxylic acids is 2. The quantitative estimate of drug-likeness (QED) is 0.577. The maximum absolute atomic E-state index is 11.5. The molecule has 1 heterocycles. The lowest BCUT2D eigenvalue weighted by atomic mass is 10.2. The topological polar surface area (TPSA) is 121 Å². The summed E-state index contributed by atoms with van der Waals surface area (Å²) in [5, 5.41) is 17.0. The van der Waals surface area contributed by atoms with E-state index in [0.717, 1.165) is 7.11 Å². The first-order chi connectivity index (χ1) is 8.04. The normalized spacial score (nSPS) is 11.6. The van der Waals surface area contributed by atoms with Crippen molar-refractivity contribution < 1.29 is 24.2 Å². The maximum atomic E-state index is 11.5. The van der Waals surface area contributed by atoms with Crippen molar-refractivity contribution in [2.24, 2.45) is 0 Å². The molecule has 1 aromatic heterocycles. The van der Waals surface area contributed by atoms with Gasteiger partial charge in [-0.15, -0.1) is 0 Å². The summed E-state index contributed by atoms with van der Waals surface area (Å²) < 4.78 is 4.33. The molecule has 8 nitrogen and oxygen atoms in total. The zero-order valence-corrected chi connectivity index (χ0v) is 8.97. The number of amides is 1. The second kappa shape index (κ2) is 5.64. The van der Waals surface area contributed by atoms with Gasteiger partial charge in [-0.1, -0.05) is 0 Å². The van der Waals surface area contributed by atoms with Gasteiger partial charge in [-0.2, -0.15) is 5.10 Å². The third-order valence-electron chi connectivity index (χ3n) is 1.96. The van der Waals surface area contributed by atoms with E-state index in [0.29, 0.717) is 0 Å². The lowest BCUT2D eigenvalue weighted by Crippen LogP contribution is -2.42. The van der Waals surface area contributed by atoms with Crippen LogP contribution in [0.5, 0.6) is 0 Å². The molecule has 0 aliphatic carbocycles. The monoisotopic (exact) mass is 241 g/mol. The van der Waals surface area contributed by atoms with Gasteiger partial charge in [0.25, 0.3) is 5.91 Å². The Bertz CT molecular complexity index is 414. The first-order valence-corrected chi connectivity index (χ1v) is 4.64. The number of nitrogens with zero attached hydrogens (tertiary/aromatic N) is 1. The fourth-order valence-electron chi connectivity index (χ4n) is 1.07. The number of hydrogen-bond acceptors (Lipinski definition) is 5. The van der Waals surface area contributed by atoms with Crippen molar-refractivity contribution >= 4 is 17.8 Å². The van der Waals surface area contributed by atoms with Crippen LogP contribution in [0.15, 0.2) is 12.4 Å². The number of esters is 1. The van der Waals surface area contributed by atoms with E-state index in [1.54, 1.807) is 0 Å². The van der Waals surface area contributed by atoms with Crippen molar-refractivity contribution in [3.05, 3.63) is 18.0 Å². The highest BCUT2D eigenvalue weighted by atomic mass is 16.5. The Labute approximate surface area is 96.0 Å². The number of carboxylic acids is 1. The number of hydrogen-bond donors (Lipinski definition) is 3. The summed E-state index contributed by atoms with van der Waals surface area (Å²) in [7, 11) is 1.14. The molecule has 0 bridgehead atoms.